The standard InChI is InChI=1S/C15H18ClN3O3/c1-8-14(9(2)19(3)18-8)15(20)17-11-7-12(21-4)10(16)6-13(11)22-5/h6-7H,1-5H3,(H,17,20). The van der Waals surface area contributed by atoms with Crippen molar-refractivity contribution >= 4 is 23.2 Å². The van der Waals surface area contributed by atoms with Gasteiger partial charge in [0.15, 0.2) is 0 Å². The van der Waals surface area contributed by atoms with Gasteiger partial charge >= 0.3 is 0 Å². The molecule has 1 aromatic carbocycles. The van der Waals surface area contributed by atoms with Crippen LogP contribution in [0.3, 0.4) is 0 Å². The molecule has 2 rings (SSSR count). The van der Waals surface area contributed by atoms with E-state index in [2.05, 4.69) is 10.4 Å². The van der Waals surface area contributed by atoms with Crippen molar-refractivity contribution in [2.45, 2.75) is 13.8 Å². The van der Waals surface area contributed by atoms with Crippen molar-refractivity contribution in [3.05, 3.63) is 34.1 Å². The number of hydrogen-bond donors (Lipinski definition) is 1. The number of anilines is 1. The van der Waals surface area contributed by atoms with Crippen LogP contribution < -0.4 is 14.8 Å². The molecule has 0 saturated heterocycles. The molecule has 1 N–H and O–H groups in total. The van der Waals surface area contributed by atoms with Crippen molar-refractivity contribution in [2.75, 3.05) is 19.5 Å². The first-order chi connectivity index (χ1) is 10.4. The molecule has 0 aliphatic rings. The fraction of sp³-hybridized carbons (Fsp3) is 0.333. The molecule has 0 unspecified atom stereocenters. The summed E-state index contributed by atoms with van der Waals surface area (Å²) in [5.74, 6) is 0.654. The molecule has 1 heterocycles. The summed E-state index contributed by atoms with van der Waals surface area (Å²) in [4.78, 5) is 12.5. The summed E-state index contributed by atoms with van der Waals surface area (Å²) >= 11 is 6.06. The molecule has 6 nitrogen and oxygen atoms in total. The zero-order valence-corrected chi connectivity index (χ0v) is 13.9. The zero-order chi connectivity index (χ0) is 16.4. The molecule has 0 bridgehead atoms. The molecule has 0 saturated carbocycles. The van der Waals surface area contributed by atoms with Crippen molar-refractivity contribution in [3.8, 4) is 11.5 Å². The van der Waals surface area contributed by atoms with Crippen LogP contribution in [-0.4, -0.2) is 29.9 Å². The second-order valence-corrected chi connectivity index (χ2v) is 5.22. The molecule has 0 aliphatic carbocycles. The molecule has 1 amide bonds. The number of amides is 1. The molecule has 0 radical (unpaired) electrons. The number of benzene rings is 1. The molecule has 0 spiro atoms. The highest BCUT2D eigenvalue weighted by Gasteiger charge is 2.19. The molecule has 2 aromatic rings. The maximum Gasteiger partial charge on any atom is 0.259 e. The van der Waals surface area contributed by atoms with Crippen molar-refractivity contribution < 1.29 is 14.3 Å². The second-order valence-electron chi connectivity index (χ2n) is 4.81. The highest BCUT2D eigenvalue weighted by molar-refractivity contribution is 6.32. The Balaban J connectivity index is 2.39. The van der Waals surface area contributed by atoms with Crippen molar-refractivity contribution in [1.82, 2.24) is 9.78 Å². The molecular weight excluding hydrogens is 306 g/mol. The number of hydrogen-bond acceptors (Lipinski definition) is 4. The first-order valence-electron chi connectivity index (χ1n) is 6.62. The van der Waals surface area contributed by atoms with Crippen LogP contribution in [0.5, 0.6) is 11.5 Å². The summed E-state index contributed by atoms with van der Waals surface area (Å²) in [6, 6.07) is 3.22. The fourth-order valence-electron chi connectivity index (χ4n) is 2.25. The Hall–Kier alpha value is -2.21. The third-order valence-electron chi connectivity index (χ3n) is 3.46. The fourth-order valence-corrected chi connectivity index (χ4v) is 2.48. The lowest BCUT2D eigenvalue weighted by atomic mass is 10.1. The topological polar surface area (TPSA) is 65.4 Å². The molecule has 1 aromatic heterocycles. The van der Waals surface area contributed by atoms with E-state index in [4.69, 9.17) is 21.1 Å². The average Bonchev–Trinajstić information content (AvgIpc) is 2.73. The van der Waals surface area contributed by atoms with Gasteiger partial charge in [-0.1, -0.05) is 11.6 Å². The zero-order valence-electron chi connectivity index (χ0n) is 13.2. The van der Waals surface area contributed by atoms with Crippen LogP contribution in [0.25, 0.3) is 0 Å². The number of aryl methyl sites for hydroxylation is 2. The van der Waals surface area contributed by atoms with Gasteiger partial charge in [0.2, 0.25) is 0 Å². The van der Waals surface area contributed by atoms with Crippen LogP contribution in [0, 0.1) is 13.8 Å². The van der Waals surface area contributed by atoms with Gasteiger partial charge < -0.3 is 14.8 Å². The van der Waals surface area contributed by atoms with Crippen LogP contribution in [0.1, 0.15) is 21.7 Å². The normalized spacial score (nSPS) is 10.5. The highest BCUT2D eigenvalue weighted by Crippen LogP contribution is 2.36. The van der Waals surface area contributed by atoms with Crippen LogP contribution >= 0.6 is 11.6 Å². The number of rotatable bonds is 4. The maximum absolute atomic E-state index is 12.5. The van der Waals surface area contributed by atoms with E-state index in [0.717, 1.165) is 5.69 Å². The van der Waals surface area contributed by atoms with Crippen molar-refractivity contribution in [3.63, 3.8) is 0 Å². The Labute approximate surface area is 134 Å². The van der Waals surface area contributed by atoms with Gasteiger partial charge in [-0.15, -0.1) is 0 Å². The molecule has 0 fully saturated rings. The summed E-state index contributed by atoms with van der Waals surface area (Å²) in [7, 11) is 4.81. The van der Waals surface area contributed by atoms with E-state index in [-0.39, 0.29) is 5.91 Å². The molecule has 0 aliphatic heterocycles. The van der Waals surface area contributed by atoms with E-state index in [1.165, 1.54) is 14.2 Å². The number of aromatic nitrogens is 2. The number of nitrogens with zero attached hydrogens (tertiary/aromatic N) is 2. The summed E-state index contributed by atoms with van der Waals surface area (Å²) in [5, 5.41) is 7.47. The van der Waals surface area contributed by atoms with Crippen LogP contribution in [0.15, 0.2) is 12.1 Å². The Morgan fingerprint density at radius 2 is 1.86 bits per heavy atom. The van der Waals surface area contributed by atoms with Gasteiger partial charge in [-0.25, -0.2) is 0 Å². The molecular formula is C15H18ClN3O3. The number of halogens is 1. The van der Waals surface area contributed by atoms with Crippen molar-refractivity contribution in [1.29, 1.82) is 0 Å². The number of carbonyl (C=O) groups excluding carboxylic acids is 1. The number of methoxy groups -OCH3 is 2. The average molecular weight is 324 g/mol. The van der Waals surface area contributed by atoms with Crippen LogP contribution in [0.2, 0.25) is 5.02 Å². The van der Waals surface area contributed by atoms with E-state index in [9.17, 15) is 4.79 Å². The molecule has 118 valence electrons. The van der Waals surface area contributed by atoms with Gasteiger partial charge in [0.05, 0.1) is 36.2 Å². The number of carbonyl (C=O) groups is 1. The lowest BCUT2D eigenvalue weighted by Crippen LogP contribution is -2.15. The van der Waals surface area contributed by atoms with Crippen LogP contribution in [-0.2, 0) is 7.05 Å². The van der Waals surface area contributed by atoms with E-state index >= 15 is 0 Å². The van der Waals surface area contributed by atoms with Gasteiger partial charge in [-0.05, 0) is 13.8 Å². The minimum absolute atomic E-state index is 0.259. The maximum atomic E-state index is 12.5. The van der Waals surface area contributed by atoms with E-state index in [0.29, 0.717) is 33.5 Å². The van der Waals surface area contributed by atoms with E-state index < -0.39 is 0 Å². The molecule has 22 heavy (non-hydrogen) atoms. The number of ether oxygens (including phenoxy) is 2. The third kappa shape index (κ3) is 2.87. The van der Waals surface area contributed by atoms with Gasteiger partial charge in [0.25, 0.3) is 5.91 Å². The number of nitrogens with one attached hydrogen (secondary N) is 1. The van der Waals surface area contributed by atoms with Gasteiger partial charge in [-0.3, -0.25) is 9.48 Å². The smallest absolute Gasteiger partial charge is 0.259 e. The Morgan fingerprint density at radius 1 is 1.23 bits per heavy atom. The highest BCUT2D eigenvalue weighted by atomic mass is 35.5. The first-order valence-corrected chi connectivity index (χ1v) is 6.99. The Morgan fingerprint density at radius 3 is 2.36 bits per heavy atom. The van der Waals surface area contributed by atoms with Crippen LogP contribution in [0.4, 0.5) is 5.69 Å². The largest absolute Gasteiger partial charge is 0.495 e. The Kier molecular flexibility index (Phi) is 4.61. The van der Waals surface area contributed by atoms with E-state index in [1.54, 1.807) is 30.8 Å². The SMILES string of the molecule is COc1cc(NC(=O)c2c(C)nn(C)c2C)c(OC)cc1Cl. The minimum atomic E-state index is -0.259. The minimum Gasteiger partial charge on any atom is -0.495 e. The molecule has 0 atom stereocenters. The lowest BCUT2D eigenvalue weighted by Gasteiger charge is -2.13. The monoisotopic (exact) mass is 323 g/mol. The van der Waals surface area contributed by atoms with Gasteiger partial charge in [-0.2, -0.15) is 5.10 Å². The van der Waals surface area contributed by atoms with Gasteiger partial charge in [0.1, 0.15) is 11.5 Å². The third-order valence-corrected chi connectivity index (χ3v) is 3.75. The quantitative estimate of drug-likeness (QED) is 0.939. The van der Waals surface area contributed by atoms with Gasteiger partial charge in [0, 0.05) is 24.9 Å². The van der Waals surface area contributed by atoms with Crippen molar-refractivity contribution in [2.24, 2.45) is 7.05 Å². The summed E-state index contributed by atoms with van der Waals surface area (Å²) in [6.45, 7) is 3.64. The lowest BCUT2D eigenvalue weighted by molar-refractivity contribution is 0.102. The van der Waals surface area contributed by atoms with E-state index in [1.807, 2.05) is 6.92 Å². The molecule has 7 heteroatoms. The predicted molar refractivity (Wildman–Crippen MR) is 85.2 cm³/mol. The summed E-state index contributed by atoms with van der Waals surface area (Å²) in [6.07, 6.45) is 0. The summed E-state index contributed by atoms with van der Waals surface area (Å²) in [5.41, 5.74) is 2.47. The summed E-state index contributed by atoms with van der Waals surface area (Å²) < 4.78 is 12.1. The first kappa shape index (κ1) is 16.2. The Bertz CT molecular complexity index is 725. The predicted octanol–water partition coefficient (Wildman–Crippen LogP) is 2.96. The second kappa shape index (κ2) is 6.27.